The number of hydrogen-bond acceptors (Lipinski definition) is 5. The van der Waals surface area contributed by atoms with Crippen LogP contribution in [0.3, 0.4) is 0 Å². The molecule has 7 heteroatoms. The minimum absolute atomic E-state index is 0.00253. The second kappa shape index (κ2) is 6.24. The molecule has 1 heterocycles. The number of esters is 1. The molecule has 0 atom stereocenters. The number of nitrogens with one attached hydrogen (secondary N) is 1. The Morgan fingerprint density at radius 3 is 2.41 bits per heavy atom. The molecule has 4 bridgehead atoms. The van der Waals surface area contributed by atoms with Gasteiger partial charge in [0.25, 0.3) is 0 Å². The molecule has 1 aromatic heterocycles. The molecule has 27 heavy (non-hydrogen) atoms. The highest BCUT2D eigenvalue weighted by atomic mass is 16.5. The summed E-state index contributed by atoms with van der Waals surface area (Å²) in [6, 6.07) is 0.240. The lowest BCUT2D eigenvalue weighted by molar-refractivity contribution is -0.0161. The quantitative estimate of drug-likeness (QED) is 0.802. The topological polar surface area (TPSA) is 84.7 Å². The normalized spacial score (nSPS) is 33.7. The zero-order chi connectivity index (χ0) is 18.6. The number of hydrogen-bond donors (Lipinski definition) is 1. The number of amides is 2. The van der Waals surface area contributed by atoms with E-state index in [4.69, 9.17) is 4.42 Å². The fourth-order valence-corrected chi connectivity index (χ4v) is 6.04. The van der Waals surface area contributed by atoms with Gasteiger partial charge in [0, 0.05) is 11.6 Å². The van der Waals surface area contributed by atoms with E-state index in [1.54, 1.807) is 0 Å². The van der Waals surface area contributed by atoms with Crippen LogP contribution in [0, 0.1) is 17.8 Å². The van der Waals surface area contributed by atoms with Gasteiger partial charge in [0.1, 0.15) is 6.26 Å². The van der Waals surface area contributed by atoms with E-state index >= 15 is 0 Å². The fraction of sp³-hybridized carbons (Fsp3) is 0.750. The minimum atomic E-state index is -0.527. The summed E-state index contributed by atoms with van der Waals surface area (Å²) in [7, 11) is 1.31. The Bertz CT molecular complexity index is 719. The highest BCUT2D eigenvalue weighted by Gasteiger charge is 2.52. The first-order valence-electron chi connectivity index (χ1n) is 10.1. The van der Waals surface area contributed by atoms with Crippen LogP contribution in [0.5, 0.6) is 0 Å². The SMILES string of the molecule is COC(=O)c1coc(CN(C(=O)NC23CC4CC(CC(C4)C2)C3)C2CC2)n1. The number of ether oxygens (including phenoxy) is 1. The van der Waals surface area contributed by atoms with Crippen LogP contribution in [-0.4, -0.2) is 40.6 Å². The number of carbonyl (C=O) groups excluding carboxylic acids is 2. The average Bonchev–Trinajstić information content (AvgIpc) is 3.35. The van der Waals surface area contributed by atoms with Crippen LogP contribution in [0.2, 0.25) is 0 Å². The van der Waals surface area contributed by atoms with Crippen LogP contribution >= 0.6 is 0 Å². The van der Waals surface area contributed by atoms with E-state index in [2.05, 4.69) is 15.0 Å². The van der Waals surface area contributed by atoms with Crippen molar-refractivity contribution in [3.8, 4) is 0 Å². The summed E-state index contributed by atoms with van der Waals surface area (Å²) >= 11 is 0. The van der Waals surface area contributed by atoms with Crippen molar-refractivity contribution in [3.05, 3.63) is 17.8 Å². The van der Waals surface area contributed by atoms with E-state index in [0.29, 0.717) is 12.4 Å². The molecule has 5 saturated carbocycles. The minimum Gasteiger partial charge on any atom is -0.464 e. The molecule has 0 radical (unpaired) electrons. The molecule has 5 aliphatic carbocycles. The van der Waals surface area contributed by atoms with Gasteiger partial charge in [-0.05, 0) is 69.1 Å². The zero-order valence-electron chi connectivity index (χ0n) is 15.8. The van der Waals surface area contributed by atoms with Gasteiger partial charge in [-0.1, -0.05) is 0 Å². The number of carbonyl (C=O) groups is 2. The number of methoxy groups -OCH3 is 1. The van der Waals surface area contributed by atoms with Crippen LogP contribution in [0.15, 0.2) is 10.7 Å². The second-order valence-corrected chi connectivity index (χ2v) is 9.11. The first-order valence-corrected chi connectivity index (χ1v) is 10.1. The molecule has 0 unspecified atom stereocenters. The van der Waals surface area contributed by atoms with E-state index in [9.17, 15) is 9.59 Å². The van der Waals surface area contributed by atoms with E-state index in [0.717, 1.165) is 49.9 Å². The maximum Gasteiger partial charge on any atom is 0.360 e. The number of urea groups is 1. The van der Waals surface area contributed by atoms with Crippen molar-refractivity contribution in [2.24, 2.45) is 17.8 Å². The Morgan fingerprint density at radius 2 is 1.85 bits per heavy atom. The van der Waals surface area contributed by atoms with Gasteiger partial charge in [-0.15, -0.1) is 0 Å². The van der Waals surface area contributed by atoms with Crippen molar-refractivity contribution in [2.75, 3.05) is 7.11 Å². The zero-order valence-corrected chi connectivity index (χ0v) is 15.8. The third-order valence-corrected chi connectivity index (χ3v) is 6.91. The van der Waals surface area contributed by atoms with Crippen molar-refractivity contribution in [1.29, 1.82) is 0 Å². The molecule has 5 aliphatic rings. The van der Waals surface area contributed by atoms with Crippen molar-refractivity contribution in [3.63, 3.8) is 0 Å². The standard InChI is InChI=1S/C20H27N3O4/c1-26-18(24)16-11-27-17(21-16)10-23(15-2-3-15)19(25)22-20-7-12-4-13(8-20)6-14(5-12)9-20/h11-15H,2-10H2,1H3,(H,22,25). The predicted octanol–water partition coefficient (Wildman–Crippen LogP) is 3.10. The first-order chi connectivity index (χ1) is 13.0. The summed E-state index contributed by atoms with van der Waals surface area (Å²) in [5.74, 6) is 2.23. The van der Waals surface area contributed by atoms with Crippen LogP contribution in [0.4, 0.5) is 4.79 Å². The molecule has 6 rings (SSSR count). The first kappa shape index (κ1) is 17.1. The van der Waals surface area contributed by atoms with Crippen molar-refractivity contribution >= 4 is 12.0 Å². The third-order valence-electron chi connectivity index (χ3n) is 6.91. The van der Waals surface area contributed by atoms with E-state index < -0.39 is 5.97 Å². The fourth-order valence-electron chi connectivity index (χ4n) is 6.04. The molecule has 0 aliphatic heterocycles. The molecule has 0 spiro atoms. The molecule has 0 aromatic carbocycles. The summed E-state index contributed by atoms with van der Waals surface area (Å²) in [5, 5.41) is 3.43. The number of oxazole rings is 1. The highest BCUT2D eigenvalue weighted by molar-refractivity contribution is 5.86. The molecular formula is C20H27N3O4. The average molecular weight is 373 g/mol. The Hall–Kier alpha value is -2.05. The Labute approximate surface area is 158 Å². The summed E-state index contributed by atoms with van der Waals surface area (Å²) in [4.78, 5) is 30.8. The van der Waals surface area contributed by atoms with Gasteiger partial charge in [-0.25, -0.2) is 14.6 Å². The van der Waals surface area contributed by atoms with Crippen LogP contribution in [-0.2, 0) is 11.3 Å². The van der Waals surface area contributed by atoms with Crippen LogP contribution in [0.25, 0.3) is 0 Å². The summed E-state index contributed by atoms with van der Waals surface area (Å²) in [5.41, 5.74) is 0.136. The van der Waals surface area contributed by atoms with Gasteiger partial charge in [-0.2, -0.15) is 0 Å². The maximum atomic E-state index is 13.2. The second-order valence-electron chi connectivity index (χ2n) is 9.11. The number of nitrogens with zero attached hydrogens (tertiary/aromatic N) is 2. The van der Waals surface area contributed by atoms with Gasteiger partial charge in [0.05, 0.1) is 13.7 Å². The number of rotatable bonds is 5. The van der Waals surface area contributed by atoms with E-state index in [1.165, 1.54) is 32.6 Å². The van der Waals surface area contributed by atoms with E-state index in [-0.39, 0.29) is 23.3 Å². The maximum absolute atomic E-state index is 13.2. The lowest BCUT2D eigenvalue weighted by atomic mass is 9.53. The molecule has 1 N–H and O–H groups in total. The van der Waals surface area contributed by atoms with Crippen molar-refractivity contribution in [1.82, 2.24) is 15.2 Å². The van der Waals surface area contributed by atoms with Crippen molar-refractivity contribution in [2.45, 2.75) is 69.5 Å². The molecule has 5 fully saturated rings. The number of aromatic nitrogens is 1. The predicted molar refractivity (Wildman–Crippen MR) is 95.8 cm³/mol. The summed E-state index contributed by atoms with van der Waals surface area (Å²) in [6.07, 6.45) is 10.8. The van der Waals surface area contributed by atoms with E-state index in [1.807, 2.05) is 4.90 Å². The van der Waals surface area contributed by atoms with Crippen molar-refractivity contribution < 1.29 is 18.7 Å². The highest BCUT2D eigenvalue weighted by Crippen LogP contribution is 2.55. The van der Waals surface area contributed by atoms with Gasteiger partial charge in [-0.3, -0.25) is 0 Å². The van der Waals surface area contributed by atoms with Gasteiger partial charge in [0.2, 0.25) is 5.89 Å². The van der Waals surface area contributed by atoms with Crippen LogP contribution < -0.4 is 5.32 Å². The van der Waals surface area contributed by atoms with Gasteiger partial charge in [0.15, 0.2) is 5.69 Å². The van der Waals surface area contributed by atoms with Crippen LogP contribution in [0.1, 0.15) is 67.7 Å². The molecule has 146 valence electrons. The lowest BCUT2D eigenvalue weighted by Crippen LogP contribution is -2.62. The Balaban J connectivity index is 1.29. The lowest BCUT2D eigenvalue weighted by Gasteiger charge is -2.57. The summed E-state index contributed by atoms with van der Waals surface area (Å²) in [6.45, 7) is 0.292. The largest absolute Gasteiger partial charge is 0.464 e. The molecule has 7 nitrogen and oxygen atoms in total. The molecule has 2 amide bonds. The monoisotopic (exact) mass is 373 g/mol. The molecule has 1 aromatic rings. The molecule has 0 saturated heterocycles. The third kappa shape index (κ3) is 3.21. The molecular weight excluding hydrogens is 346 g/mol. The summed E-state index contributed by atoms with van der Waals surface area (Å²) < 4.78 is 10.1. The smallest absolute Gasteiger partial charge is 0.360 e. The Morgan fingerprint density at radius 1 is 1.22 bits per heavy atom. The Kier molecular flexibility index (Phi) is 3.95. The van der Waals surface area contributed by atoms with Gasteiger partial charge >= 0.3 is 12.0 Å². The van der Waals surface area contributed by atoms with Gasteiger partial charge < -0.3 is 19.4 Å².